The number of hydrogen-bond acceptors (Lipinski definition) is 5. The van der Waals surface area contributed by atoms with Gasteiger partial charge in [-0.1, -0.05) is 0 Å². The van der Waals surface area contributed by atoms with Crippen molar-refractivity contribution in [2.75, 3.05) is 19.5 Å². The molecule has 0 saturated heterocycles. The molecule has 1 heterocycles. The van der Waals surface area contributed by atoms with Crippen LogP contribution in [0.4, 0.5) is 11.6 Å². The second-order valence-corrected chi connectivity index (χ2v) is 4.49. The number of methoxy groups -OCH3 is 2. The van der Waals surface area contributed by atoms with E-state index in [0.29, 0.717) is 27.6 Å². The first kappa shape index (κ1) is 13.4. The largest absolute Gasteiger partial charge is 0.497 e. The van der Waals surface area contributed by atoms with Crippen LogP contribution >= 0.6 is 15.9 Å². The summed E-state index contributed by atoms with van der Waals surface area (Å²) in [7, 11) is 3.14. The fourth-order valence-corrected chi connectivity index (χ4v) is 1.66. The molecular formula is C12H12BrN3O3. The van der Waals surface area contributed by atoms with Gasteiger partial charge >= 0.3 is 0 Å². The summed E-state index contributed by atoms with van der Waals surface area (Å²) in [4.78, 5) is 18.1. The van der Waals surface area contributed by atoms with Crippen molar-refractivity contribution in [2.24, 2.45) is 0 Å². The van der Waals surface area contributed by atoms with Crippen LogP contribution in [0.3, 0.4) is 0 Å². The molecule has 100 valence electrons. The lowest BCUT2D eigenvalue weighted by atomic mass is 10.3. The van der Waals surface area contributed by atoms with Gasteiger partial charge in [-0.15, -0.1) is 0 Å². The van der Waals surface area contributed by atoms with Crippen LogP contribution in [0.5, 0.6) is 11.5 Å². The molecule has 0 amide bonds. The summed E-state index contributed by atoms with van der Waals surface area (Å²) in [6, 6.07) is 5.29. The Morgan fingerprint density at radius 1 is 1.21 bits per heavy atom. The lowest BCUT2D eigenvalue weighted by molar-refractivity contribution is 0.395. The summed E-state index contributed by atoms with van der Waals surface area (Å²) < 4.78 is 10.7. The van der Waals surface area contributed by atoms with E-state index in [1.54, 1.807) is 32.4 Å². The van der Waals surface area contributed by atoms with Crippen molar-refractivity contribution in [3.8, 4) is 11.5 Å². The minimum absolute atomic E-state index is 0.257. The number of aromatic amines is 1. The second kappa shape index (κ2) is 5.75. The fourth-order valence-electron chi connectivity index (χ4n) is 1.46. The van der Waals surface area contributed by atoms with Gasteiger partial charge in [0.25, 0.3) is 5.56 Å². The highest BCUT2D eigenvalue weighted by molar-refractivity contribution is 9.10. The van der Waals surface area contributed by atoms with Crippen molar-refractivity contribution in [1.29, 1.82) is 0 Å². The standard InChI is InChI=1S/C12H12BrN3O3/c1-18-8-3-7(4-9(5-8)19-2)15-12-14-6-10(13)11(17)16-12/h3-6H,1-2H3,(H2,14,15,16,17). The van der Waals surface area contributed by atoms with Crippen molar-refractivity contribution < 1.29 is 9.47 Å². The maximum Gasteiger partial charge on any atom is 0.266 e. The SMILES string of the molecule is COc1cc(Nc2ncc(Br)c(=O)[nH]2)cc(OC)c1. The minimum atomic E-state index is -0.257. The number of nitrogens with zero attached hydrogens (tertiary/aromatic N) is 1. The third kappa shape index (κ3) is 3.25. The molecule has 0 aliphatic carbocycles. The minimum Gasteiger partial charge on any atom is -0.497 e. The molecule has 0 bridgehead atoms. The molecule has 0 aliphatic heterocycles. The van der Waals surface area contributed by atoms with E-state index < -0.39 is 0 Å². The quantitative estimate of drug-likeness (QED) is 0.902. The number of benzene rings is 1. The van der Waals surface area contributed by atoms with Gasteiger partial charge in [0.05, 0.1) is 20.4 Å². The number of ether oxygens (including phenoxy) is 2. The predicted molar refractivity (Wildman–Crippen MR) is 75.4 cm³/mol. The van der Waals surface area contributed by atoms with Crippen molar-refractivity contribution >= 4 is 27.6 Å². The Hall–Kier alpha value is -2.02. The van der Waals surface area contributed by atoms with Crippen LogP contribution in [0.15, 0.2) is 33.7 Å². The molecule has 0 radical (unpaired) electrons. The number of H-pyrrole nitrogens is 1. The average Bonchev–Trinajstić information content (AvgIpc) is 2.42. The number of nitrogens with one attached hydrogen (secondary N) is 2. The molecular weight excluding hydrogens is 314 g/mol. The van der Waals surface area contributed by atoms with E-state index in [0.717, 1.165) is 0 Å². The summed E-state index contributed by atoms with van der Waals surface area (Å²) in [6.45, 7) is 0. The zero-order chi connectivity index (χ0) is 13.8. The van der Waals surface area contributed by atoms with E-state index >= 15 is 0 Å². The third-order valence-corrected chi connectivity index (χ3v) is 2.93. The molecule has 0 atom stereocenters. The van der Waals surface area contributed by atoms with Crippen molar-refractivity contribution in [3.63, 3.8) is 0 Å². The van der Waals surface area contributed by atoms with Gasteiger partial charge in [-0.3, -0.25) is 9.78 Å². The van der Waals surface area contributed by atoms with E-state index in [1.807, 2.05) is 0 Å². The number of anilines is 2. The number of hydrogen-bond donors (Lipinski definition) is 2. The maximum atomic E-state index is 11.4. The van der Waals surface area contributed by atoms with Crippen LogP contribution in [-0.4, -0.2) is 24.2 Å². The Morgan fingerprint density at radius 2 is 1.84 bits per heavy atom. The molecule has 0 aliphatic rings. The van der Waals surface area contributed by atoms with E-state index in [4.69, 9.17) is 9.47 Å². The lowest BCUT2D eigenvalue weighted by Crippen LogP contribution is -2.10. The summed E-state index contributed by atoms with van der Waals surface area (Å²) in [5.41, 5.74) is 0.439. The molecule has 1 aromatic heterocycles. The van der Waals surface area contributed by atoms with Crippen LogP contribution in [0.2, 0.25) is 0 Å². The van der Waals surface area contributed by atoms with Crippen LogP contribution in [0.25, 0.3) is 0 Å². The van der Waals surface area contributed by atoms with Gasteiger partial charge in [-0.2, -0.15) is 0 Å². The highest BCUT2D eigenvalue weighted by Crippen LogP contribution is 2.26. The van der Waals surface area contributed by atoms with Crippen LogP contribution < -0.4 is 20.3 Å². The summed E-state index contributed by atoms with van der Waals surface area (Å²) in [5.74, 6) is 1.62. The van der Waals surface area contributed by atoms with Gasteiger partial charge in [0.1, 0.15) is 16.0 Å². The average molecular weight is 326 g/mol. The number of aromatic nitrogens is 2. The number of rotatable bonds is 4. The van der Waals surface area contributed by atoms with E-state index in [9.17, 15) is 4.79 Å². The van der Waals surface area contributed by atoms with Crippen molar-refractivity contribution in [2.45, 2.75) is 0 Å². The Balaban J connectivity index is 2.31. The zero-order valence-corrected chi connectivity index (χ0v) is 11.9. The molecule has 0 fully saturated rings. The first-order chi connectivity index (χ1) is 9.12. The predicted octanol–water partition coefficient (Wildman–Crippen LogP) is 2.29. The maximum absolute atomic E-state index is 11.4. The van der Waals surface area contributed by atoms with E-state index in [2.05, 4.69) is 31.2 Å². The molecule has 7 heteroatoms. The molecule has 0 spiro atoms. The van der Waals surface area contributed by atoms with Gasteiger partial charge in [0.15, 0.2) is 0 Å². The monoisotopic (exact) mass is 325 g/mol. The Labute approximate surface area is 117 Å². The van der Waals surface area contributed by atoms with Crippen LogP contribution in [0, 0.1) is 0 Å². The molecule has 0 unspecified atom stereocenters. The molecule has 6 nitrogen and oxygen atoms in total. The lowest BCUT2D eigenvalue weighted by Gasteiger charge is -2.09. The van der Waals surface area contributed by atoms with E-state index in [1.165, 1.54) is 6.20 Å². The first-order valence-electron chi connectivity index (χ1n) is 5.37. The highest BCUT2D eigenvalue weighted by atomic mass is 79.9. The molecule has 1 aromatic carbocycles. The first-order valence-corrected chi connectivity index (χ1v) is 6.16. The van der Waals surface area contributed by atoms with Crippen molar-refractivity contribution in [1.82, 2.24) is 9.97 Å². The molecule has 0 saturated carbocycles. The van der Waals surface area contributed by atoms with Gasteiger partial charge in [-0.05, 0) is 15.9 Å². The second-order valence-electron chi connectivity index (χ2n) is 3.64. The summed E-state index contributed by atoms with van der Waals surface area (Å²) in [5, 5.41) is 2.97. The van der Waals surface area contributed by atoms with E-state index in [-0.39, 0.29) is 5.56 Å². The third-order valence-electron chi connectivity index (χ3n) is 2.37. The fraction of sp³-hybridized carbons (Fsp3) is 0.167. The van der Waals surface area contributed by atoms with Gasteiger partial charge in [-0.25, -0.2) is 4.98 Å². The number of halogens is 1. The van der Waals surface area contributed by atoms with Gasteiger partial charge in [0.2, 0.25) is 5.95 Å². The Bertz CT molecular complexity index is 620. The van der Waals surface area contributed by atoms with Crippen molar-refractivity contribution in [3.05, 3.63) is 39.2 Å². The molecule has 19 heavy (non-hydrogen) atoms. The normalized spacial score (nSPS) is 10.1. The van der Waals surface area contributed by atoms with Crippen LogP contribution in [-0.2, 0) is 0 Å². The molecule has 2 aromatic rings. The summed E-state index contributed by atoms with van der Waals surface area (Å²) in [6.07, 6.45) is 1.43. The van der Waals surface area contributed by atoms with Gasteiger partial charge < -0.3 is 14.8 Å². The molecule has 2 N–H and O–H groups in total. The molecule has 2 rings (SSSR count). The topological polar surface area (TPSA) is 76.2 Å². The van der Waals surface area contributed by atoms with Gasteiger partial charge in [0, 0.05) is 23.9 Å². The summed E-state index contributed by atoms with van der Waals surface area (Å²) >= 11 is 3.09. The Morgan fingerprint density at radius 3 is 2.37 bits per heavy atom. The zero-order valence-electron chi connectivity index (χ0n) is 10.4. The highest BCUT2D eigenvalue weighted by Gasteiger charge is 2.04. The Kier molecular flexibility index (Phi) is 4.06. The van der Waals surface area contributed by atoms with Crippen LogP contribution in [0.1, 0.15) is 0 Å². The smallest absolute Gasteiger partial charge is 0.266 e.